The monoisotopic (exact) mass is 497 g/mol. The zero-order valence-corrected chi connectivity index (χ0v) is 18.7. The topological polar surface area (TPSA) is 76.8 Å². The summed E-state index contributed by atoms with van der Waals surface area (Å²) >= 11 is 4.24. The van der Waals surface area contributed by atoms with Crippen LogP contribution < -0.4 is 0 Å². The number of rotatable bonds is 5. The van der Waals surface area contributed by atoms with Gasteiger partial charge in [0.1, 0.15) is 11.5 Å². The lowest BCUT2D eigenvalue weighted by Crippen LogP contribution is -2.27. The largest absolute Gasteiger partial charge is 0.465 e. The summed E-state index contributed by atoms with van der Waals surface area (Å²) in [5, 5.41) is -0.331. The van der Waals surface area contributed by atoms with Crippen LogP contribution in [0.1, 0.15) is 21.7 Å². The van der Waals surface area contributed by atoms with Gasteiger partial charge in [-0.15, -0.1) is 0 Å². The molecular weight excluding hydrogens is 482 g/mol. The molecule has 0 unspecified atom stereocenters. The Bertz CT molecular complexity index is 1200. The highest BCUT2D eigenvalue weighted by molar-refractivity contribution is 9.10. The quantitative estimate of drug-likeness (QED) is 0.330. The average molecular weight is 498 g/mol. The summed E-state index contributed by atoms with van der Waals surface area (Å²) in [6, 6.07) is 17.8. The van der Waals surface area contributed by atoms with Crippen LogP contribution in [0.15, 0.2) is 74.5 Å². The van der Waals surface area contributed by atoms with Gasteiger partial charge in [0.2, 0.25) is 0 Å². The van der Waals surface area contributed by atoms with E-state index in [-0.39, 0.29) is 22.6 Å². The summed E-state index contributed by atoms with van der Waals surface area (Å²) in [5.41, 5.74) is 1.81. The van der Waals surface area contributed by atoms with Crippen LogP contribution in [-0.2, 0) is 16.1 Å². The zero-order valence-electron chi connectivity index (χ0n) is 16.3. The highest BCUT2D eigenvalue weighted by Gasteiger charge is 2.35. The van der Waals surface area contributed by atoms with Crippen molar-refractivity contribution in [1.29, 1.82) is 0 Å². The molecule has 0 bridgehead atoms. The molecule has 1 aromatic heterocycles. The van der Waals surface area contributed by atoms with Gasteiger partial charge in [-0.25, -0.2) is 4.79 Å². The van der Waals surface area contributed by atoms with E-state index in [2.05, 4.69) is 15.9 Å². The summed E-state index contributed by atoms with van der Waals surface area (Å²) in [5.74, 6) is 0.0265. The molecule has 0 aliphatic carbocycles. The van der Waals surface area contributed by atoms with Crippen LogP contribution in [0.2, 0.25) is 0 Å². The second-order valence-electron chi connectivity index (χ2n) is 6.63. The van der Waals surface area contributed by atoms with Gasteiger partial charge in [0.15, 0.2) is 0 Å². The van der Waals surface area contributed by atoms with E-state index in [0.717, 1.165) is 21.8 Å². The Labute approximate surface area is 191 Å². The van der Waals surface area contributed by atoms with Crippen LogP contribution >= 0.6 is 27.7 Å². The summed E-state index contributed by atoms with van der Waals surface area (Å²) in [7, 11) is 1.32. The van der Waals surface area contributed by atoms with Gasteiger partial charge in [0.05, 0.1) is 24.1 Å². The van der Waals surface area contributed by atoms with Crippen LogP contribution in [0, 0.1) is 0 Å². The summed E-state index contributed by atoms with van der Waals surface area (Å²) in [6.07, 6.45) is 1.54. The second-order valence-corrected chi connectivity index (χ2v) is 8.54. The van der Waals surface area contributed by atoms with Gasteiger partial charge >= 0.3 is 5.97 Å². The first-order valence-electron chi connectivity index (χ1n) is 9.23. The number of hydrogen-bond acceptors (Lipinski definition) is 6. The molecule has 2 amide bonds. The highest BCUT2D eigenvalue weighted by atomic mass is 79.9. The van der Waals surface area contributed by atoms with E-state index in [0.29, 0.717) is 22.6 Å². The predicted octanol–water partition coefficient (Wildman–Crippen LogP) is 5.73. The molecular formula is C23H16BrNO5S. The van der Waals surface area contributed by atoms with Crippen LogP contribution in [0.5, 0.6) is 0 Å². The van der Waals surface area contributed by atoms with Crippen molar-refractivity contribution in [3.8, 4) is 11.3 Å². The van der Waals surface area contributed by atoms with Crippen molar-refractivity contribution in [2.75, 3.05) is 7.11 Å². The number of furan rings is 1. The van der Waals surface area contributed by atoms with Crippen molar-refractivity contribution in [3.05, 3.63) is 86.9 Å². The Balaban J connectivity index is 1.56. The Morgan fingerprint density at radius 3 is 2.58 bits per heavy atom. The fourth-order valence-electron chi connectivity index (χ4n) is 3.10. The molecule has 6 nitrogen and oxygen atoms in total. The SMILES string of the molecule is COC(=O)c1ccccc1-c1ccc(/C=C2\SC(=O)N(Cc3ccc(Br)cc3)C2=O)o1. The molecule has 1 fully saturated rings. The normalized spacial score (nSPS) is 15.0. The van der Waals surface area contributed by atoms with Crippen LogP contribution in [0.3, 0.4) is 0 Å². The molecule has 0 spiro atoms. The molecule has 8 heteroatoms. The lowest BCUT2D eigenvalue weighted by Gasteiger charge is -2.12. The average Bonchev–Trinajstić information content (AvgIpc) is 3.35. The summed E-state index contributed by atoms with van der Waals surface area (Å²) in [6.45, 7) is 0.200. The number of imide groups is 1. The van der Waals surface area contributed by atoms with Gasteiger partial charge < -0.3 is 9.15 Å². The number of esters is 1. The van der Waals surface area contributed by atoms with Gasteiger partial charge in [0, 0.05) is 16.1 Å². The van der Waals surface area contributed by atoms with E-state index >= 15 is 0 Å². The summed E-state index contributed by atoms with van der Waals surface area (Å²) < 4.78 is 11.6. The number of amides is 2. The van der Waals surface area contributed by atoms with Crippen molar-refractivity contribution >= 4 is 50.9 Å². The van der Waals surface area contributed by atoms with Gasteiger partial charge in [-0.2, -0.15) is 0 Å². The maximum atomic E-state index is 12.8. The first-order valence-corrected chi connectivity index (χ1v) is 10.8. The fourth-order valence-corrected chi connectivity index (χ4v) is 4.18. The van der Waals surface area contributed by atoms with E-state index in [1.165, 1.54) is 18.1 Å². The predicted molar refractivity (Wildman–Crippen MR) is 121 cm³/mol. The van der Waals surface area contributed by atoms with E-state index in [4.69, 9.17) is 9.15 Å². The molecule has 1 aliphatic rings. The number of hydrogen-bond donors (Lipinski definition) is 0. The maximum absolute atomic E-state index is 12.8. The number of ether oxygens (including phenoxy) is 1. The molecule has 0 saturated carbocycles. The van der Waals surface area contributed by atoms with Crippen molar-refractivity contribution in [1.82, 2.24) is 4.90 Å². The third kappa shape index (κ3) is 4.50. The third-order valence-corrected chi connectivity index (χ3v) is 6.06. The lowest BCUT2D eigenvalue weighted by molar-refractivity contribution is -0.123. The first-order chi connectivity index (χ1) is 15.0. The summed E-state index contributed by atoms with van der Waals surface area (Å²) in [4.78, 5) is 38.6. The van der Waals surface area contributed by atoms with E-state index in [9.17, 15) is 14.4 Å². The standard InChI is InChI=1S/C23H16BrNO5S/c1-29-22(27)18-5-3-2-4-17(18)19-11-10-16(30-19)12-20-21(26)25(23(28)31-20)13-14-6-8-15(24)9-7-14/h2-12H,13H2,1H3/b20-12-. The van der Waals surface area contributed by atoms with Gasteiger partial charge in [-0.3, -0.25) is 14.5 Å². The molecule has 3 aromatic rings. The van der Waals surface area contributed by atoms with E-state index in [1.807, 2.05) is 24.3 Å². The third-order valence-electron chi connectivity index (χ3n) is 4.63. The van der Waals surface area contributed by atoms with Crippen molar-refractivity contribution in [2.24, 2.45) is 0 Å². The smallest absolute Gasteiger partial charge is 0.338 e. The van der Waals surface area contributed by atoms with Gasteiger partial charge in [0.25, 0.3) is 11.1 Å². The minimum absolute atomic E-state index is 0.200. The first kappa shape index (κ1) is 21.1. The van der Waals surface area contributed by atoms with Gasteiger partial charge in [-0.1, -0.05) is 46.3 Å². The number of thioether (sulfide) groups is 1. The molecule has 4 rings (SSSR count). The van der Waals surface area contributed by atoms with Crippen molar-refractivity contribution in [3.63, 3.8) is 0 Å². The Hall–Kier alpha value is -3.10. The molecule has 0 N–H and O–H groups in total. The Morgan fingerprint density at radius 2 is 1.84 bits per heavy atom. The molecule has 31 heavy (non-hydrogen) atoms. The number of halogens is 1. The lowest BCUT2D eigenvalue weighted by atomic mass is 10.1. The van der Waals surface area contributed by atoms with Crippen molar-refractivity contribution < 1.29 is 23.5 Å². The zero-order chi connectivity index (χ0) is 22.0. The van der Waals surface area contributed by atoms with Crippen LogP contribution in [0.4, 0.5) is 4.79 Å². The second kappa shape index (κ2) is 8.95. The van der Waals surface area contributed by atoms with Crippen LogP contribution in [-0.4, -0.2) is 29.1 Å². The maximum Gasteiger partial charge on any atom is 0.338 e. The molecule has 2 heterocycles. The number of nitrogens with zero attached hydrogens (tertiary/aromatic N) is 1. The highest BCUT2D eigenvalue weighted by Crippen LogP contribution is 2.35. The van der Waals surface area contributed by atoms with Crippen LogP contribution in [0.25, 0.3) is 17.4 Å². The van der Waals surface area contributed by atoms with Gasteiger partial charge in [-0.05, 0) is 47.7 Å². The van der Waals surface area contributed by atoms with Crippen molar-refractivity contribution in [2.45, 2.75) is 6.54 Å². The minimum Gasteiger partial charge on any atom is -0.465 e. The number of methoxy groups -OCH3 is 1. The molecule has 1 saturated heterocycles. The number of carbonyl (C=O) groups excluding carboxylic acids is 3. The Morgan fingerprint density at radius 1 is 1.10 bits per heavy atom. The fraction of sp³-hybridized carbons (Fsp3) is 0.0870. The molecule has 0 radical (unpaired) electrons. The number of benzene rings is 2. The molecule has 156 valence electrons. The molecule has 0 atom stereocenters. The van der Waals surface area contributed by atoms with E-state index < -0.39 is 5.97 Å². The Kier molecular flexibility index (Phi) is 6.11. The van der Waals surface area contributed by atoms with E-state index in [1.54, 1.807) is 36.4 Å². The minimum atomic E-state index is -0.470. The molecule has 1 aliphatic heterocycles. The number of carbonyl (C=O) groups is 3. The molecule has 2 aromatic carbocycles.